The van der Waals surface area contributed by atoms with Crippen molar-refractivity contribution in [3.05, 3.63) is 57.8 Å². The van der Waals surface area contributed by atoms with Crippen LogP contribution >= 0.6 is 23.2 Å². The van der Waals surface area contributed by atoms with Gasteiger partial charge in [0.15, 0.2) is 0 Å². The van der Waals surface area contributed by atoms with E-state index in [9.17, 15) is 5.11 Å². The van der Waals surface area contributed by atoms with Crippen LogP contribution in [0.3, 0.4) is 0 Å². The van der Waals surface area contributed by atoms with E-state index in [0.717, 1.165) is 22.5 Å². The first-order valence-corrected chi connectivity index (χ1v) is 7.35. The third-order valence-electron chi connectivity index (χ3n) is 3.41. The molecule has 0 aliphatic carbocycles. The van der Waals surface area contributed by atoms with E-state index in [1.54, 1.807) is 19.1 Å². The molecular weight excluding hydrogens is 307 g/mol. The van der Waals surface area contributed by atoms with Crippen molar-refractivity contribution in [2.24, 2.45) is 0 Å². The molecular formula is C16H14Cl2N2O. The van der Waals surface area contributed by atoms with Crippen molar-refractivity contribution in [1.82, 2.24) is 9.38 Å². The number of benzene rings is 1. The first-order chi connectivity index (χ1) is 9.97. The summed E-state index contributed by atoms with van der Waals surface area (Å²) in [7, 11) is 0. The second-order valence-corrected chi connectivity index (χ2v) is 5.90. The van der Waals surface area contributed by atoms with E-state index in [0.29, 0.717) is 15.7 Å². The van der Waals surface area contributed by atoms with Gasteiger partial charge < -0.3 is 9.51 Å². The number of halogens is 2. The highest BCUT2D eigenvalue weighted by molar-refractivity contribution is 6.42. The molecule has 21 heavy (non-hydrogen) atoms. The van der Waals surface area contributed by atoms with Crippen molar-refractivity contribution in [3.63, 3.8) is 0 Å². The molecule has 1 N–H and O–H groups in total. The summed E-state index contributed by atoms with van der Waals surface area (Å²) in [6.45, 7) is 3.74. The minimum absolute atomic E-state index is 0.471. The van der Waals surface area contributed by atoms with Crippen molar-refractivity contribution in [2.45, 2.75) is 20.0 Å². The molecule has 0 radical (unpaired) electrons. The fourth-order valence-corrected chi connectivity index (χ4v) is 2.72. The minimum Gasteiger partial charge on any atom is -0.387 e. The third-order valence-corrected chi connectivity index (χ3v) is 4.15. The Bertz CT molecular complexity index is 825. The molecule has 3 aromatic rings. The standard InChI is InChI=1S/C16H14Cl2N2O/c1-9-5-6-20-14(7-9)19-15(16(20)10(2)21)11-3-4-12(17)13(18)8-11/h3-8,10,21H,1-2H3. The second-order valence-electron chi connectivity index (χ2n) is 5.08. The highest BCUT2D eigenvalue weighted by atomic mass is 35.5. The highest BCUT2D eigenvalue weighted by Crippen LogP contribution is 2.33. The van der Waals surface area contributed by atoms with Crippen LogP contribution in [0.15, 0.2) is 36.5 Å². The first kappa shape index (κ1) is 14.4. The summed E-state index contributed by atoms with van der Waals surface area (Å²) in [5.74, 6) is 0. The van der Waals surface area contributed by atoms with Crippen LogP contribution in [0.2, 0.25) is 10.0 Å². The number of imidazole rings is 1. The smallest absolute Gasteiger partial charge is 0.138 e. The summed E-state index contributed by atoms with van der Waals surface area (Å²) in [4.78, 5) is 4.64. The zero-order valence-corrected chi connectivity index (χ0v) is 13.2. The third kappa shape index (κ3) is 2.53. The molecule has 5 heteroatoms. The number of fused-ring (bicyclic) bond motifs is 1. The molecule has 0 fully saturated rings. The Balaban J connectivity index is 2.30. The quantitative estimate of drug-likeness (QED) is 0.745. The van der Waals surface area contributed by atoms with Gasteiger partial charge >= 0.3 is 0 Å². The van der Waals surface area contributed by atoms with E-state index in [4.69, 9.17) is 23.2 Å². The maximum Gasteiger partial charge on any atom is 0.138 e. The molecule has 0 saturated heterocycles. The molecule has 2 aromatic heterocycles. The van der Waals surface area contributed by atoms with Crippen LogP contribution in [0.4, 0.5) is 0 Å². The zero-order chi connectivity index (χ0) is 15.1. The molecule has 1 atom stereocenters. The van der Waals surface area contributed by atoms with Crippen molar-refractivity contribution in [1.29, 1.82) is 0 Å². The largest absolute Gasteiger partial charge is 0.387 e. The Labute approximate surface area is 132 Å². The molecule has 3 rings (SSSR count). The number of hydrogen-bond acceptors (Lipinski definition) is 2. The average molecular weight is 321 g/mol. The van der Waals surface area contributed by atoms with Gasteiger partial charge in [-0.05, 0) is 43.7 Å². The first-order valence-electron chi connectivity index (χ1n) is 6.59. The van der Waals surface area contributed by atoms with Crippen LogP contribution in [0.1, 0.15) is 24.3 Å². The zero-order valence-electron chi connectivity index (χ0n) is 11.6. The maximum atomic E-state index is 10.1. The molecule has 1 unspecified atom stereocenters. The molecule has 0 saturated carbocycles. The molecule has 0 bridgehead atoms. The molecule has 0 aliphatic heterocycles. The van der Waals surface area contributed by atoms with Crippen molar-refractivity contribution in [2.75, 3.05) is 0 Å². The van der Waals surface area contributed by atoms with Gasteiger partial charge in [-0.3, -0.25) is 0 Å². The molecule has 2 heterocycles. The monoisotopic (exact) mass is 320 g/mol. The van der Waals surface area contributed by atoms with Crippen LogP contribution in [-0.4, -0.2) is 14.5 Å². The van der Waals surface area contributed by atoms with Crippen molar-refractivity contribution in [3.8, 4) is 11.3 Å². The van der Waals surface area contributed by atoms with Crippen molar-refractivity contribution >= 4 is 28.8 Å². The topological polar surface area (TPSA) is 37.5 Å². The lowest BCUT2D eigenvalue weighted by Gasteiger charge is -2.08. The lowest BCUT2D eigenvalue weighted by molar-refractivity contribution is 0.194. The fraction of sp³-hybridized carbons (Fsp3) is 0.188. The Hall–Kier alpha value is -1.55. The summed E-state index contributed by atoms with van der Waals surface area (Å²) in [5, 5.41) is 11.1. The molecule has 0 aliphatic rings. The number of aliphatic hydroxyl groups excluding tert-OH is 1. The lowest BCUT2D eigenvalue weighted by atomic mass is 10.1. The Kier molecular flexibility index (Phi) is 3.66. The predicted octanol–water partition coefficient (Wildman–Crippen LogP) is 4.67. The average Bonchev–Trinajstić information content (AvgIpc) is 2.80. The van der Waals surface area contributed by atoms with E-state index in [1.807, 2.05) is 35.7 Å². The number of aliphatic hydroxyl groups is 1. The predicted molar refractivity (Wildman–Crippen MR) is 86.0 cm³/mol. The summed E-state index contributed by atoms with van der Waals surface area (Å²) in [6.07, 6.45) is 1.27. The number of rotatable bonds is 2. The van der Waals surface area contributed by atoms with Gasteiger partial charge in [-0.15, -0.1) is 0 Å². The van der Waals surface area contributed by atoms with E-state index >= 15 is 0 Å². The number of aromatic nitrogens is 2. The highest BCUT2D eigenvalue weighted by Gasteiger charge is 2.18. The van der Waals surface area contributed by atoms with Crippen LogP contribution < -0.4 is 0 Å². The molecule has 0 spiro atoms. The second kappa shape index (κ2) is 5.34. The summed E-state index contributed by atoms with van der Waals surface area (Å²) in [6, 6.07) is 9.32. The van der Waals surface area contributed by atoms with Gasteiger partial charge in [0.05, 0.1) is 27.5 Å². The maximum absolute atomic E-state index is 10.1. The Morgan fingerprint density at radius 2 is 1.90 bits per heavy atom. The fourth-order valence-electron chi connectivity index (χ4n) is 2.42. The molecule has 1 aromatic carbocycles. The van der Waals surface area contributed by atoms with Crippen LogP contribution in [0.5, 0.6) is 0 Å². The number of hydrogen-bond donors (Lipinski definition) is 1. The van der Waals surface area contributed by atoms with Gasteiger partial charge in [-0.1, -0.05) is 29.3 Å². The summed E-state index contributed by atoms with van der Waals surface area (Å²) < 4.78 is 1.90. The number of pyridine rings is 1. The van der Waals surface area contributed by atoms with Gasteiger partial charge in [-0.25, -0.2) is 4.98 Å². The van der Waals surface area contributed by atoms with Crippen LogP contribution in [-0.2, 0) is 0 Å². The number of aryl methyl sites for hydroxylation is 1. The SMILES string of the molecule is Cc1ccn2c(C(C)O)c(-c3ccc(Cl)c(Cl)c3)nc2c1. The summed E-state index contributed by atoms with van der Waals surface area (Å²) in [5.41, 5.74) is 4.21. The van der Waals surface area contributed by atoms with E-state index in [-0.39, 0.29) is 0 Å². The van der Waals surface area contributed by atoms with Gasteiger partial charge in [0.25, 0.3) is 0 Å². The van der Waals surface area contributed by atoms with Gasteiger partial charge in [0.1, 0.15) is 5.65 Å². The Morgan fingerprint density at radius 3 is 2.57 bits per heavy atom. The normalized spacial score (nSPS) is 12.8. The van der Waals surface area contributed by atoms with E-state index < -0.39 is 6.10 Å². The molecule has 3 nitrogen and oxygen atoms in total. The van der Waals surface area contributed by atoms with Crippen LogP contribution in [0.25, 0.3) is 16.9 Å². The van der Waals surface area contributed by atoms with E-state index in [1.165, 1.54) is 0 Å². The van der Waals surface area contributed by atoms with E-state index in [2.05, 4.69) is 4.98 Å². The molecule has 108 valence electrons. The van der Waals surface area contributed by atoms with Gasteiger partial charge in [0.2, 0.25) is 0 Å². The summed E-state index contributed by atoms with van der Waals surface area (Å²) >= 11 is 12.1. The Morgan fingerprint density at radius 1 is 1.14 bits per heavy atom. The minimum atomic E-state index is -0.646. The lowest BCUT2D eigenvalue weighted by Crippen LogP contribution is -1.99. The van der Waals surface area contributed by atoms with Crippen LogP contribution in [0, 0.1) is 6.92 Å². The van der Waals surface area contributed by atoms with Gasteiger partial charge in [0, 0.05) is 11.8 Å². The molecule has 0 amide bonds. The van der Waals surface area contributed by atoms with Crippen molar-refractivity contribution < 1.29 is 5.11 Å². The van der Waals surface area contributed by atoms with Gasteiger partial charge in [-0.2, -0.15) is 0 Å². The number of nitrogens with zero attached hydrogens (tertiary/aromatic N) is 2.